The summed E-state index contributed by atoms with van der Waals surface area (Å²) in [5.74, 6) is 0. The SMILES string of the molecule is C/C(=N\N[S+]([O-])c1ccc(C)cc1)c1ccc2c(c1)Nc1ccccc1S2. The Balaban J connectivity index is 1.50. The number of nitrogens with zero attached hydrogens (tertiary/aromatic N) is 1. The Hall–Kier alpha value is -2.41. The minimum atomic E-state index is -1.37. The van der Waals surface area contributed by atoms with Gasteiger partial charge in [-0.05, 0) is 55.8 Å². The number of benzene rings is 3. The summed E-state index contributed by atoms with van der Waals surface area (Å²) in [6, 6.07) is 22.0. The van der Waals surface area contributed by atoms with Crippen molar-refractivity contribution in [3.8, 4) is 0 Å². The van der Waals surface area contributed by atoms with Gasteiger partial charge in [-0.2, -0.15) is 0 Å². The van der Waals surface area contributed by atoms with E-state index in [1.165, 1.54) is 9.79 Å². The quantitative estimate of drug-likeness (QED) is 0.283. The fraction of sp³-hybridized carbons (Fsp3) is 0.0952. The van der Waals surface area contributed by atoms with Crippen LogP contribution in [0.5, 0.6) is 0 Å². The maximum Gasteiger partial charge on any atom is 0.181 e. The van der Waals surface area contributed by atoms with Crippen molar-refractivity contribution in [1.29, 1.82) is 0 Å². The molecule has 4 nitrogen and oxygen atoms in total. The van der Waals surface area contributed by atoms with Gasteiger partial charge in [-0.1, -0.05) is 47.7 Å². The molecule has 0 saturated heterocycles. The van der Waals surface area contributed by atoms with Crippen LogP contribution in [0.3, 0.4) is 0 Å². The van der Waals surface area contributed by atoms with E-state index in [0.717, 1.165) is 28.2 Å². The third-order valence-corrected chi connectivity index (χ3v) is 6.41. The van der Waals surface area contributed by atoms with Crippen molar-refractivity contribution in [2.45, 2.75) is 28.5 Å². The molecule has 0 aliphatic carbocycles. The Morgan fingerprint density at radius 2 is 1.74 bits per heavy atom. The van der Waals surface area contributed by atoms with Gasteiger partial charge in [0.1, 0.15) is 11.4 Å². The van der Waals surface area contributed by atoms with E-state index in [9.17, 15) is 4.55 Å². The molecule has 3 aromatic rings. The highest BCUT2D eigenvalue weighted by Gasteiger charge is 2.16. The summed E-state index contributed by atoms with van der Waals surface area (Å²) in [5.41, 5.74) is 5.07. The minimum Gasteiger partial charge on any atom is -0.587 e. The molecule has 0 saturated carbocycles. The molecule has 6 heteroatoms. The number of hydrogen-bond acceptors (Lipinski definition) is 5. The summed E-state index contributed by atoms with van der Waals surface area (Å²) >= 11 is 0.378. The van der Waals surface area contributed by atoms with Gasteiger partial charge in [-0.3, -0.25) is 0 Å². The van der Waals surface area contributed by atoms with Gasteiger partial charge in [0.25, 0.3) is 0 Å². The molecule has 0 radical (unpaired) electrons. The topological polar surface area (TPSA) is 59.5 Å². The van der Waals surface area contributed by atoms with Crippen molar-refractivity contribution >= 4 is 40.2 Å². The van der Waals surface area contributed by atoms with Crippen LogP contribution in [0.25, 0.3) is 0 Å². The van der Waals surface area contributed by atoms with E-state index in [0.29, 0.717) is 4.90 Å². The average molecular weight is 394 g/mol. The molecule has 0 spiro atoms. The van der Waals surface area contributed by atoms with Crippen molar-refractivity contribution in [2.75, 3.05) is 5.32 Å². The molecule has 1 heterocycles. The van der Waals surface area contributed by atoms with E-state index in [4.69, 9.17) is 0 Å². The van der Waals surface area contributed by atoms with Crippen molar-refractivity contribution in [3.63, 3.8) is 0 Å². The second-order valence-electron chi connectivity index (χ2n) is 6.30. The summed E-state index contributed by atoms with van der Waals surface area (Å²) in [4.78, 5) is 5.86. The summed E-state index contributed by atoms with van der Waals surface area (Å²) in [6.07, 6.45) is 0. The van der Waals surface area contributed by atoms with Crippen LogP contribution in [0.15, 0.2) is 86.5 Å². The molecule has 136 valence electrons. The van der Waals surface area contributed by atoms with Crippen LogP contribution in [0.2, 0.25) is 0 Å². The summed E-state index contributed by atoms with van der Waals surface area (Å²) < 4.78 is 12.3. The van der Waals surface area contributed by atoms with Gasteiger partial charge in [-0.15, -0.1) is 9.93 Å². The number of rotatable bonds is 4. The second-order valence-corrected chi connectivity index (χ2v) is 8.58. The van der Waals surface area contributed by atoms with E-state index in [-0.39, 0.29) is 0 Å². The van der Waals surface area contributed by atoms with Crippen LogP contribution >= 0.6 is 11.8 Å². The van der Waals surface area contributed by atoms with Gasteiger partial charge in [-0.25, -0.2) is 0 Å². The molecule has 3 aromatic carbocycles. The maximum atomic E-state index is 12.3. The zero-order chi connectivity index (χ0) is 18.8. The first-order valence-corrected chi connectivity index (χ1v) is 10.5. The highest BCUT2D eigenvalue weighted by molar-refractivity contribution is 7.99. The van der Waals surface area contributed by atoms with Crippen LogP contribution < -0.4 is 10.1 Å². The Bertz CT molecular complexity index is 1000. The molecule has 27 heavy (non-hydrogen) atoms. The molecule has 1 unspecified atom stereocenters. The van der Waals surface area contributed by atoms with E-state index < -0.39 is 11.4 Å². The Morgan fingerprint density at radius 3 is 2.56 bits per heavy atom. The molecule has 1 aliphatic heterocycles. The van der Waals surface area contributed by atoms with Crippen molar-refractivity contribution in [2.24, 2.45) is 5.10 Å². The highest BCUT2D eigenvalue weighted by Crippen LogP contribution is 2.44. The molecule has 0 bridgehead atoms. The van der Waals surface area contributed by atoms with E-state index >= 15 is 0 Å². The van der Waals surface area contributed by atoms with Crippen LogP contribution in [0.4, 0.5) is 11.4 Å². The number of hydrogen-bond donors (Lipinski definition) is 2. The predicted octanol–water partition coefficient (Wildman–Crippen LogP) is 5.24. The zero-order valence-corrected chi connectivity index (χ0v) is 16.7. The number of nitrogens with one attached hydrogen (secondary N) is 2. The predicted molar refractivity (Wildman–Crippen MR) is 113 cm³/mol. The number of fused-ring (bicyclic) bond motifs is 2. The molecule has 0 amide bonds. The van der Waals surface area contributed by atoms with Crippen LogP contribution in [0, 0.1) is 6.92 Å². The fourth-order valence-corrected chi connectivity index (χ4v) is 4.43. The molecule has 1 aliphatic rings. The first-order chi connectivity index (χ1) is 13.1. The van der Waals surface area contributed by atoms with E-state index in [2.05, 4.69) is 39.5 Å². The normalized spacial score (nSPS) is 14.0. The lowest BCUT2D eigenvalue weighted by atomic mass is 10.1. The molecule has 2 N–H and O–H groups in total. The standard InChI is InChI=1S/C21H19N3OS2/c1-14-7-10-17(11-8-14)27(25)24-23-15(2)16-9-12-21-19(13-16)22-18-5-3-4-6-20(18)26-21/h3-13,22,24H,1-2H3/b23-15+. The van der Waals surface area contributed by atoms with Crippen LogP contribution in [-0.2, 0) is 11.4 Å². The molecule has 0 aromatic heterocycles. The second kappa shape index (κ2) is 7.68. The van der Waals surface area contributed by atoms with Gasteiger partial charge in [0.2, 0.25) is 0 Å². The lowest BCUT2D eigenvalue weighted by molar-refractivity contribution is 0.583. The average Bonchev–Trinajstić information content (AvgIpc) is 2.70. The zero-order valence-electron chi connectivity index (χ0n) is 15.0. The Kier molecular flexibility index (Phi) is 5.11. The number of para-hydroxylation sites is 1. The summed E-state index contributed by atoms with van der Waals surface area (Å²) in [5, 5.41) is 7.79. The van der Waals surface area contributed by atoms with Crippen molar-refractivity contribution < 1.29 is 4.55 Å². The lowest BCUT2D eigenvalue weighted by Crippen LogP contribution is -2.20. The molecule has 4 rings (SSSR count). The van der Waals surface area contributed by atoms with Crippen LogP contribution in [0.1, 0.15) is 18.1 Å². The molecule has 0 fully saturated rings. The van der Waals surface area contributed by atoms with Gasteiger partial charge >= 0.3 is 0 Å². The molecule has 1 atom stereocenters. The number of hydrazone groups is 1. The van der Waals surface area contributed by atoms with Crippen molar-refractivity contribution in [3.05, 3.63) is 77.9 Å². The van der Waals surface area contributed by atoms with Gasteiger partial charge in [0.15, 0.2) is 4.90 Å². The fourth-order valence-electron chi connectivity index (χ4n) is 2.75. The summed E-state index contributed by atoms with van der Waals surface area (Å²) in [6.45, 7) is 3.91. The third kappa shape index (κ3) is 3.98. The minimum absolute atomic E-state index is 0.706. The monoisotopic (exact) mass is 393 g/mol. The lowest BCUT2D eigenvalue weighted by Gasteiger charge is -2.21. The maximum absolute atomic E-state index is 12.3. The first-order valence-electron chi connectivity index (χ1n) is 8.57. The largest absolute Gasteiger partial charge is 0.587 e. The first kappa shape index (κ1) is 18.0. The van der Waals surface area contributed by atoms with Crippen LogP contribution in [-0.4, -0.2) is 10.3 Å². The number of aryl methyl sites for hydroxylation is 1. The van der Waals surface area contributed by atoms with Gasteiger partial charge in [0, 0.05) is 9.79 Å². The van der Waals surface area contributed by atoms with E-state index in [1.54, 1.807) is 11.8 Å². The molecular weight excluding hydrogens is 374 g/mol. The number of anilines is 2. The molecular formula is C21H19N3OS2. The smallest absolute Gasteiger partial charge is 0.181 e. The van der Waals surface area contributed by atoms with Gasteiger partial charge in [0.05, 0.1) is 17.1 Å². The Morgan fingerprint density at radius 1 is 1.00 bits per heavy atom. The Labute approximate surface area is 166 Å². The van der Waals surface area contributed by atoms with Crippen molar-refractivity contribution in [1.82, 2.24) is 4.83 Å². The van der Waals surface area contributed by atoms with Gasteiger partial charge < -0.3 is 9.87 Å². The van der Waals surface area contributed by atoms with E-state index in [1.807, 2.05) is 56.3 Å². The third-order valence-electron chi connectivity index (χ3n) is 4.30. The summed E-state index contributed by atoms with van der Waals surface area (Å²) in [7, 11) is 0. The highest BCUT2D eigenvalue weighted by atomic mass is 32.2.